The first-order chi connectivity index (χ1) is 9.35. The normalized spacial score (nSPS) is 11.8. The van der Waals surface area contributed by atoms with Gasteiger partial charge in [0.25, 0.3) is 5.89 Å². The molecule has 2 rings (SSSR count). The molecule has 0 saturated carbocycles. The molecule has 1 aromatic carbocycles. The lowest BCUT2D eigenvalue weighted by Crippen LogP contribution is -2.16. The van der Waals surface area contributed by atoms with E-state index in [2.05, 4.69) is 14.9 Å². The summed E-state index contributed by atoms with van der Waals surface area (Å²) >= 11 is 5.76. The molecule has 0 unspecified atom stereocenters. The van der Waals surface area contributed by atoms with Crippen molar-refractivity contribution >= 4 is 11.6 Å². The second kappa shape index (κ2) is 5.68. The summed E-state index contributed by atoms with van der Waals surface area (Å²) in [5.41, 5.74) is 0.187. The van der Waals surface area contributed by atoms with Gasteiger partial charge in [0, 0.05) is 5.02 Å². The fraction of sp³-hybridized carbons (Fsp3) is 0.273. The molecule has 0 amide bonds. The van der Waals surface area contributed by atoms with Crippen molar-refractivity contribution in [1.29, 1.82) is 0 Å². The highest BCUT2D eigenvalue weighted by molar-refractivity contribution is 6.30. The van der Waals surface area contributed by atoms with Crippen molar-refractivity contribution in [2.75, 3.05) is 6.61 Å². The second-order valence-electron chi connectivity index (χ2n) is 3.79. The lowest BCUT2D eigenvalue weighted by molar-refractivity contribution is -0.177. The van der Waals surface area contributed by atoms with Gasteiger partial charge in [-0.15, -0.1) is 0 Å². The van der Waals surface area contributed by atoms with Crippen molar-refractivity contribution < 1.29 is 27.5 Å². The zero-order valence-corrected chi connectivity index (χ0v) is 10.6. The van der Waals surface area contributed by atoms with Crippen LogP contribution in [0.3, 0.4) is 0 Å². The summed E-state index contributed by atoms with van der Waals surface area (Å²) in [4.78, 5) is 3.81. The number of benzene rings is 1. The number of halogens is 4. The lowest BCUT2D eigenvalue weighted by atomic mass is 10.2. The molecule has 0 spiro atoms. The van der Waals surface area contributed by atoms with Gasteiger partial charge in [-0.3, -0.25) is 0 Å². The first-order valence-corrected chi connectivity index (χ1v) is 5.69. The highest BCUT2D eigenvalue weighted by Crippen LogP contribution is 2.30. The molecule has 2 aromatic rings. The van der Waals surface area contributed by atoms with Crippen LogP contribution in [0.1, 0.15) is 5.82 Å². The molecule has 0 saturated heterocycles. The monoisotopic (exact) mass is 308 g/mol. The summed E-state index contributed by atoms with van der Waals surface area (Å²) in [6, 6.07) is 4.19. The topological polar surface area (TPSA) is 68.4 Å². The Morgan fingerprint density at radius 2 is 2.10 bits per heavy atom. The molecule has 0 aliphatic rings. The number of hydrogen-bond donors (Lipinski definition) is 1. The number of nitrogens with zero attached hydrogens (tertiary/aromatic N) is 2. The van der Waals surface area contributed by atoms with Crippen molar-refractivity contribution in [3.05, 3.63) is 29.0 Å². The lowest BCUT2D eigenvalue weighted by Gasteiger charge is -2.04. The van der Waals surface area contributed by atoms with Gasteiger partial charge in [0.2, 0.25) is 0 Å². The van der Waals surface area contributed by atoms with Crippen molar-refractivity contribution in [3.8, 4) is 17.2 Å². The molecule has 20 heavy (non-hydrogen) atoms. The van der Waals surface area contributed by atoms with Gasteiger partial charge in [-0.05, 0) is 18.2 Å². The molecule has 108 valence electrons. The Morgan fingerprint density at radius 3 is 2.80 bits per heavy atom. The van der Waals surface area contributed by atoms with E-state index in [-0.39, 0.29) is 23.0 Å². The minimum atomic E-state index is -4.42. The maximum atomic E-state index is 11.9. The molecule has 0 radical (unpaired) electrons. The Labute approximate surface area is 115 Å². The molecule has 0 atom stereocenters. The third-order valence-electron chi connectivity index (χ3n) is 2.15. The van der Waals surface area contributed by atoms with E-state index >= 15 is 0 Å². The third-order valence-corrected chi connectivity index (χ3v) is 2.39. The van der Waals surface area contributed by atoms with Crippen LogP contribution in [-0.2, 0) is 11.3 Å². The van der Waals surface area contributed by atoms with Crippen LogP contribution in [0.2, 0.25) is 5.02 Å². The predicted molar refractivity (Wildman–Crippen MR) is 62.1 cm³/mol. The zero-order valence-electron chi connectivity index (χ0n) is 9.82. The van der Waals surface area contributed by atoms with Crippen LogP contribution in [0.4, 0.5) is 13.2 Å². The molecule has 9 heteroatoms. The molecular formula is C11H8ClF3N2O3. The molecule has 1 heterocycles. The van der Waals surface area contributed by atoms with Crippen molar-refractivity contribution in [1.82, 2.24) is 10.1 Å². The Balaban J connectivity index is 2.07. The fourth-order valence-electron chi connectivity index (χ4n) is 1.36. The molecule has 0 aliphatic heterocycles. The minimum Gasteiger partial charge on any atom is -0.507 e. The average Bonchev–Trinajstić information content (AvgIpc) is 2.79. The van der Waals surface area contributed by atoms with Gasteiger partial charge in [-0.2, -0.15) is 18.2 Å². The number of phenols is 1. The molecule has 0 bridgehead atoms. The SMILES string of the molecule is Oc1ccc(Cl)cc1-c1nc(COCC(F)(F)F)no1. The number of aromatic hydroxyl groups is 1. The van der Waals surface area contributed by atoms with Gasteiger partial charge in [0.1, 0.15) is 19.0 Å². The van der Waals surface area contributed by atoms with Crippen LogP contribution in [0.15, 0.2) is 22.7 Å². The Kier molecular flexibility index (Phi) is 4.15. The van der Waals surface area contributed by atoms with Gasteiger partial charge < -0.3 is 14.4 Å². The summed E-state index contributed by atoms with van der Waals surface area (Å²) in [5, 5.41) is 13.4. The maximum absolute atomic E-state index is 11.9. The Morgan fingerprint density at radius 1 is 1.35 bits per heavy atom. The standard InChI is InChI=1S/C11H8ClF3N2O3/c12-6-1-2-8(18)7(3-6)10-16-9(17-20-10)4-19-5-11(13,14)15/h1-3,18H,4-5H2. The fourth-order valence-corrected chi connectivity index (χ4v) is 1.53. The quantitative estimate of drug-likeness (QED) is 0.939. The van der Waals surface area contributed by atoms with E-state index in [1.165, 1.54) is 18.2 Å². The smallest absolute Gasteiger partial charge is 0.411 e. The van der Waals surface area contributed by atoms with E-state index in [0.717, 1.165) is 0 Å². The Hall–Kier alpha value is -1.80. The van der Waals surface area contributed by atoms with Gasteiger partial charge in [0.05, 0.1) is 5.56 Å². The van der Waals surface area contributed by atoms with Crippen molar-refractivity contribution in [3.63, 3.8) is 0 Å². The molecule has 5 nitrogen and oxygen atoms in total. The average molecular weight is 309 g/mol. The van der Waals surface area contributed by atoms with Crippen molar-refractivity contribution in [2.45, 2.75) is 12.8 Å². The highest BCUT2D eigenvalue weighted by atomic mass is 35.5. The number of rotatable bonds is 4. The van der Waals surface area contributed by atoms with Crippen LogP contribution < -0.4 is 0 Å². The maximum Gasteiger partial charge on any atom is 0.411 e. The summed E-state index contributed by atoms with van der Waals surface area (Å²) in [5.74, 6) is -0.264. The molecule has 0 fully saturated rings. The van der Waals surface area contributed by atoms with Crippen LogP contribution in [0, 0.1) is 0 Å². The third kappa shape index (κ3) is 3.84. The summed E-state index contributed by atoms with van der Waals surface area (Å²) in [6.45, 7) is -1.86. The molecule has 1 aromatic heterocycles. The molecular weight excluding hydrogens is 301 g/mol. The van der Waals surface area contributed by atoms with E-state index in [9.17, 15) is 18.3 Å². The minimum absolute atomic E-state index is 0.0596. The number of alkyl halides is 3. The molecule has 0 aliphatic carbocycles. The number of ether oxygens (including phenoxy) is 1. The van der Waals surface area contributed by atoms with Crippen LogP contribution >= 0.6 is 11.6 Å². The van der Waals surface area contributed by atoms with E-state index < -0.39 is 19.4 Å². The van der Waals surface area contributed by atoms with E-state index in [1.807, 2.05) is 0 Å². The van der Waals surface area contributed by atoms with E-state index in [0.29, 0.717) is 5.02 Å². The van der Waals surface area contributed by atoms with Crippen molar-refractivity contribution in [2.24, 2.45) is 0 Å². The summed E-state index contributed by atoms with van der Waals surface area (Å²) in [7, 11) is 0. The van der Waals surface area contributed by atoms with Gasteiger partial charge in [-0.25, -0.2) is 0 Å². The van der Waals surface area contributed by atoms with E-state index in [1.54, 1.807) is 0 Å². The number of phenolic OH excluding ortho intramolecular Hbond substituents is 1. The summed E-state index contributed by atoms with van der Waals surface area (Å²) < 4.78 is 44.9. The van der Waals surface area contributed by atoms with Gasteiger partial charge >= 0.3 is 6.18 Å². The Bertz CT molecular complexity index is 601. The van der Waals surface area contributed by atoms with Crippen LogP contribution in [0.5, 0.6) is 5.75 Å². The number of hydrogen-bond acceptors (Lipinski definition) is 5. The first kappa shape index (κ1) is 14.6. The van der Waals surface area contributed by atoms with Crippen LogP contribution in [0.25, 0.3) is 11.5 Å². The van der Waals surface area contributed by atoms with Gasteiger partial charge in [0.15, 0.2) is 5.82 Å². The summed E-state index contributed by atoms with van der Waals surface area (Å²) in [6.07, 6.45) is -4.42. The van der Waals surface area contributed by atoms with Crippen LogP contribution in [-0.4, -0.2) is 28.0 Å². The second-order valence-corrected chi connectivity index (χ2v) is 4.22. The molecule has 1 N–H and O–H groups in total. The largest absolute Gasteiger partial charge is 0.507 e. The predicted octanol–water partition coefficient (Wildman–Crippen LogP) is 3.17. The highest BCUT2D eigenvalue weighted by Gasteiger charge is 2.27. The zero-order chi connectivity index (χ0) is 14.8. The van der Waals surface area contributed by atoms with E-state index in [4.69, 9.17) is 16.1 Å². The first-order valence-electron chi connectivity index (χ1n) is 5.31. The number of aromatic nitrogens is 2. The van der Waals surface area contributed by atoms with Gasteiger partial charge in [-0.1, -0.05) is 16.8 Å².